The summed E-state index contributed by atoms with van der Waals surface area (Å²) in [5, 5.41) is 0.368. The zero-order valence-electron chi connectivity index (χ0n) is 8.44. The van der Waals surface area contributed by atoms with Gasteiger partial charge in [-0.15, -0.1) is 0 Å². The SMILES string of the molecule is CC(C)c1cc(Cl)cc(C(C)(F)F)c1. The van der Waals surface area contributed by atoms with Gasteiger partial charge in [-0.2, -0.15) is 0 Å². The van der Waals surface area contributed by atoms with E-state index >= 15 is 0 Å². The average molecular weight is 219 g/mol. The number of hydrogen-bond donors (Lipinski definition) is 0. The number of alkyl halides is 2. The highest BCUT2D eigenvalue weighted by Gasteiger charge is 2.25. The molecule has 0 N–H and O–H groups in total. The fourth-order valence-electron chi connectivity index (χ4n) is 1.20. The van der Waals surface area contributed by atoms with Crippen molar-refractivity contribution in [2.45, 2.75) is 32.6 Å². The smallest absolute Gasteiger partial charge is 0.202 e. The summed E-state index contributed by atoms with van der Waals surface area (Å²) in [6.07, 6.45) is 0. The molecule has 0 nitrogen and oxygen atoms in total. The molecule has 1 rings (SSSR count). The lowest BCUT2D eigenvalue weighted by molar-refractivity contribution is 0.0174. The highest BCUT2D eigenvalue weighted by molar-refractivity contribution is 6.30. The fourth-order valence-corrected chi connectivity index (χ4v) is 1.44. The van der Waals surface area contributed by atoms with Crippen LogP contribution in [-0.4, -0.2) is 0 Å². The van der Waals surface area contributed by atoms with Crippen molar-refractivity contribution >= 4 is 11.6 Å². The largest absolute Gasteiger partial charge is 0.270 e. The average Bonchev–Trinajstić information content (AvgIpc) is 2.01. The Morgan fingerprint density at radius 1 is 1.21 bits per heavy atom. The molecule has 0 saturated heterocycles. The van der Waals surface area contributed by atoms with Gasteiger partial charge in [0.25, 0.3) is 5.92 Å². The third-order valence-electron chi connectivity index (χ3n) is 2.09. The first-order valence-corrected chi connectivity index (χ1v) is 4.87. The molecule has 0 aliphatic carbocycles. The summed E-state index contributed by atoms with van der Waals surface area (Å²) in [6.45, 7) is 4.77. The molecule has 0 radical (unpaired) electrons. The van der Waals surface area contributed by atoms with E-state index in [1.807, 2.05) is 13.8 Å². The van der Waals surface area contributed by atoms with Crippen molar-refractivity contribution in [2.75, 3.05) is 0 Å². The van der Waals surface area contributed by atoms with Gasteiger partial charge in [0.1, 0.15) is 0 Å². The summed E-state index contributed by atoms with van der Waals surface area (Å²) in [4.78, 5) is 0. The van der Waals surface area contributed by atoms with Crippen molar-refractivity contribution in [1.82, 2.24) is 0 Å². The molecule has 0 unspecified atom stereocenters. The van der Waals surface area contributed by atoms with Crippen molar-refractivity contribution < 1.29 is 8.78 Å². The molecule has 0 aromatic heterocycles. The molecule has 0 amide bonds. The molecule has 0 saturated carbocycles. The van der Waals surface area contributed by atoms with E-state index < -0.39 is 5.92 Å². The lowest BCUT2D eigenvalue weighted by Crippen LogP contribution is -2.07. The third-order valence-corrected chi connectivity index (χ3v) is 2.31. The van der Waals surface area contributed by atoms with E-state index in [1.54, 1.807) is 6.07 Å². The Morgan fingerprint density at radius 2 is 1.79 bits per heavy atom. The Balaban J connectivity index is 3.21. The summed E-state index contributed by atoms with van der Waals surface area (Å²) in [5.74, 6) is -2.62. The van der Waals surface area contributed by atoms with Crippen LogP contribution in [0, 0.1) is 0 Å². The van der Waals surface area contributed by atoms with Gasteiger partial charge in [-0.25, -0.2) is 8.78 Å². The molecule has 1 aromatic rings. The van der Waals surface area contributed by atoms with Gasteiger partial charge in [-0.3, -0.25) is 0 Å². The molecule has 78 valence electrons. The van der Waals surface area contributed by atoms with Crippen molar-refractivity contribution in [1.29, 1.82) is 0 Å². The van der Waals surface area contributed by atoms with Crippen LogP contribution in [0.15, 0.2) is 18.2 Å². The number of benzene rings is 1. The predicted octanol–water partition coefficient (Wildman–Crippen LogP) is 4.58. The zero-order valence-corrected chi connectivity index (χ0v) is 9.20. The van der Waals surface area contributed by atoms with E-state index in [1.165, 1.54) is 12.1 Å². The fraction of sp³-hybridized carbons (Fsp3) is 0.455. The van der Waals surface area contributed by atoms with E-state index in [0.717, 1.165) is 12.5 Å². The van der Waals surface area contributed by atoms with Crippen LogP contribution >= 0.6 is 11.6 Å². The van der Waals surface area contributed by atoms with Gasteiger partial charge in [0.05, 0.1) is 0 Å². The molecule has 0 aliphatic rings. The zero-order chi connectivity index (χ0) is 10.9. The van der Waals surface area contributed by atoms with E-state index in [2.05, 4.69) is 0 Å². The topological polar surface area (TPSA) is 0 Å². The summed E-state index contributed by atoms with van der Waals surface area (Å²) in [7, 11) is 0. The van der Waals surface area contributed by atoms with Gasteiger partial charge >= 0.3 is 0 Å². The van der Waals surface area contributed by atoms with Crippen LogP contribution in [0.2, 0.25) is 5.02 Å². The van der Waals surface area contributed by atoms with E-state index in [-0.39, 0.29) is 11.5 Å². The van der Waals surface area contributed by atoms with Crippen LogP contribution in [0.1, 0.15) is 37.8 Å². The van der Waals surface area contributed by atoms with Crippen molar-refractivity contribution in [3.63, 3.8) is 0 Å². The maximum atomic E-state index is 13.0. The molecule has 3 heteroatoms. The first-order valence-electron chi connectivity index (χ1n) is 4.49. The van der Waals surface area contributed by atoms with Gasteiger partial charge in [-0.1, -0.05) is 25.4 Å². The summed E-state index contributed by atoms with van der Waals surface area (Å²) in [5.41, 5.74) is 0.822. The molecule has 0 fully saturated rings. The minimum atomic E-state index is -2.82. The van der Waals surface area contributed by atoms with Gasteiger partial charge < -0.3 is 0 Å². The number of hydrogen-bond acceptors (Lipinski definition) is 0. The lowest BCUT2D eigenvalue weighted by atomic mass is 9.99. The molecular weight excluding hydrogens is 206 g/mol. The Hall–Kier alpha value is -0.630. The Kier molecular flexibility index (Phi) is 3.15. The molecule has 0 bridgehead atoms. The highest BCUT2D eigenvalue weighted by atomic mass is 35.5. The van der Waals surface area contributed by atoms with Gasteiger partial charge in [-0.05, 0) is 29.7 Å². The van der Waals surface area contributed by atoms with Crippen molar-refractivity contribution in [3.8, 4) is 0 Å². The molecule has 0 aliphatic heterocycles. The lowest BCUT2D eigenvalue weighted by Gasteiger charge is -2.14. The number of rotatable bonds is 2. The maximum Gasteiger partial charge on any atom is 0.270 e. The second kappa shape index (κ2) is 3.85. The Labute approximate surface area is 87.9 Å². The molecule has 14 heavy (non-hydrogen) atoms. The standard InChI is InChI=1S/C11H13ClF2/c1-7(2)8-4-9(11(3,13)14)6-10(12)5-8/h4-7H,1-3H3. The van der Waals surface area contributed by atoms with Crippen LogP contribution in [0.4, 0.5) is 8.78 Å². The van der Waals surface area contributed by atoms with Gasteiger partial charge in [0.15, 0.2) is 0 Å². The van der Waals surface area contributed by atoms with E-state index in [9.17, 15) is 8.78 Å². The quantitative estimate of drug-likeness (QED) is 0.682. The predicted molar refractivity (Wildman–Crippen MR) is 55.1 cm³/mol. The molecule has 1 aromatic carbocycles. The minimum absolute atomic E-state index is 0.0197. The minimum Gasteiger partial charge on any atom is -0.202 e. The second-order valence-electron chi connectivity index (χ2n) is 3.82. The van der Waals surface area contributed by atoms with E-state index in [0.29, 0.717) is 5.02 Å². The molecule has 0 heterocycles. The molecule has 0 spiro atoms. The van der Waals surface area contributed by atoms with Crippen molar-refractivity contribution in [2.24, 2.45) is 0 Å². The summed E-state index contributed by atoms with van der Waals surface area (Å²) in [6, 6.07) is 4.55. The Morgan fingerprint density at radius 3 is 2.21 bits per heavy atom. The van der Waals surface area contributed by atoms with Crippen LogP contribution in [0.3, 0.4) is 0 Å². The summed E-state index contributed by atoms with van der Waals surface area (Å²) >= 11 is 5.77. The highest BCUT2D eigenvalue weighted by Crippen LogP contribution is 2.31. The second-order valence-corrected chi connectivity index (χ2v) is 4.25. The van der Waals surface area contributed by atoms with Crippen LogP contribution in [0.5, 0.6) is 0 Å². The third kappa shape index (κ3) is 2.68. The molecular formula is C11H13ClF2. The van der Waals surface area contributed by atoms with Crippen LogP contribution < -0.4 is 0 Å². The van der Waals surface area contributed by atoms with Crippen LogP contribution in [-0.2, 0) is 5.92 Å². The van der Waals surface area contributed by atoms with Gasteiger partial charge in [0, 0.05) is 17.5 Å². The monoisotopic (exact) mass is 218 g/mol. The molecule has 0 atom stereocenters. The normalized spacial score (nSPS) is 12.2. The Bertz CT molecular complexity index is 327. The van der Waals surface area contributed by atoms with Crippen LogP contribution in [0.25, 0.3) is 0 Å². The van der Waals surface area contributed by atoms with Crippen molar-refractivity contribution in [3.05, 3.63) is 34.3 Å². The maximum absolute atomic E-state index is 13.0. The first-order chi connectivity index (χ1) is 6.30. The number of halogens is 3. The first kappa shape index (κ1) is 11.4. The summed E-state index contributed by atoms with van der Waals surface area (Å²) < 4.78 is 26.0. The van der Waals surface area contributed by atoms with E-state index in [4.69, 9.17) is 11.6 Å². The van der Waals surface area contributed by atoms with Gasteiger partial charge in [0.2, 0.25) is 0 Å².